The van der Waals surface area contributed by atoms with Gasteiger partial charge in [-0.1, -0.05) is 0 Å². The first-order chi connectivity index (χ1) is 6.17. The fourth-order valence-electron chi connectivity index (χ4n) is 0.783. The Labute approximate surface area is 89.2 Å². The van der Waals surface area contributed by atoms with Crippen molar-refractivity contribution in [3.05, 3.63) is 24.5 Å². The summed E-state index contributed by atoms with van der Waals surface area (Å²) < 4.78 is 25.1. The average molecular weight is 238 g/mol. The Kier molecular flexibility index (Phi) is 5.63. The van der Waals surface area contributed by atoms with Crippen molar-refractivity contribution in [3.63, 3.8) is 0 Å². The van der Waals surface area contributed by atoms with Crippen molar-refractivity contribution in [2.24, 2.45) is 5.73 Å². The topological polar surface area (TPSA) is 85.1 Å². The summed E-state index contributed by atoms with van der Waals surface area (Å²) in [5.74, 6) is 0. The minimum Gasteiger partial charge on any atom is -0.329 e. The van der Waals surface area contributed by atoms with Crippen molar-refractivity contribution in [2.45, 2.75) is 4.90 Å². The minimum absolute atomic E-state index is 0. The van der Waals surface area contributed by atoms with Crippen LogP contribution >= 0.6 is 12.4 Å². The summed E-state index contributed by atoms with van der Waals surface area (Å²) in [7, 11) is -3.41. The van der Waals surface area contributed by atoms with Crippen molar-refractivity contribution in [3.8, 4) is 0 Å². The van der Waals surface area contributed by atoms with E-state index in [-0.39, 0.29) is 30.4 Å². The SMILES string of the molecule is Cl.NCCNS(=O)(=O)c1cccnc1. The molecule has 14 heavy (non-hydrogen) atoms. The smallest absolute Gasteiger partial charge is 0.242 e. The van der Waals surface area contributed by atoms with Crippen LogP contribution in [-0.4, -0.2) is 26.5 Å². The van der Waals surface area contributed by atoms with E-state index in [2.05, 4.69) is 9.71 Å². The Morgan fingerprint density at radius 3 is 2.71 bits per heavy atom. The zero-order valence-electron chi connectivity index (χ0n) is 7.38. The second-order valence-electron chi connectivity index (χ2n) is 2.38. The van der Waals surface area contributed by atoms with Crippen LogP contribution in [0.25, 0.3) is 0 Å². The van der Waals surface area contributed by atoms with Crippen LogP contribution in [0.1, 0.15) is 0 Å². The molecule has 0 unspecified atom stereocenters. The van der Waals surface area contributed by atoms with Gasteiger partial charge in [0.05, 0.1) is 0 Å². The molecular formula is C7H12ClN3O2S. The first-order valence-electron chi connectivity index (χ1n) is 3.76. The Balaban J connectivity index is 0.00000169. The van der Waals surface area contributed by atoms with E-state index in [4.69, 9.17) is 5.73 Å². The molecule has 0 saturated heterocycles. The van der Waals surface area contributed by atoms with Gasteiger partial charge in [-0.25, -0.2) is 13.1 Å². The molecule has 7 heteroatoms. The van der Waals surface area contributed by atoms with Gasteiger partial charge in [0, 0.05) is 25.5 Å². The lowest BCUT2D eigenvalue weighted by atomic mass is 10.5. The van der Waals surface area contributed by atoms with Gasteiger partial charge in [0.25, 0.3) is 0 Å². The lowest BCUT2D eigenvalue weighted by Gasteiger charge is -2.03. The van der Waals surface area contributed by atoms with E-state index in [9.17, 15) is 8.42 Å². The Morgan fingerprint density at radius 2 is 2.21 bits per heavy atom. The summed E-state index contributed by atoms with van der Waals surface area (Å²) in [5.41, 5.74) is 5.17. The molecule has 0 atom stereocenters. The van der Waals surface area contributed by atoms with Crippen LogP contribution in [0.2, 0.25) is 0 Å². The molecule has 0 fully saturated rings. The van der Waals surface area contributed by atoms with Gasteiger partial charge in [0.1, 0.15) is 4.90 Å². The number of hydrogen-bond acceptors (Lipinski definition) is 4. The second kappa shape index (κ2) is 5.92. The van der Waals surface area contributed by atoms with Crippen LogP contribution in [0.15, 0.2) is 29.4 Å². The van der Waals surface area contributed by atoms with Crippen molar-refractivity contribution < 1.29 is 8.42 Å². The molecule has 0 amide bonds. The molecule has 0 aliphatic rings. The van der Waals surface area contributed by atoms with E-state index in [0.717, 1.165) is 0 Å². The standard InChI is InChI=1S/C7H11N3O2S.ClH/c8-3-5-10-13(11,12)7-2-1-4-9-6-7;/h1-2,4,6,10H,3,5,8H2;1H. The molecule has 0 saturated carbocycles. The van der Waals surface area contributed by atoms with Crippen LogP contribution in [0.3, 0.4) is 0 Å². The highest BCUT2D eigenvalue weighted by Crippen LogP contribution is 2.03. The fourth-order valence-corrected chi connectivity index (χ4v) is 1.79. The number of pyridine rings is 1. The van der Waals surface area contributed by atoms with Crippen LogP contribution in [0.5, 0.6) is 0 Å². The van der Waals surface area contributed by atoms with Crippen LogP contribution < -0.4 is 10.5 Å². The average Bonchev–Trinajstić information content (AvgIpc) is 2.16. The van der Waals surface area contributed by atoms with Crippen molar-refractivity contribution in [1.29, 1.82) is 0 Å². The third kappa shape index (κ3) is 3.59. The molecular weight excluding hydrogens is 226 g/mol. The maximum absolute atomic E-state index is 11.4. The van der Waals surface area contributed by atoms with Crippen LogP contribution in [-0.2, 0) is 10.0 Å². The van der Waals surface area contributed by atoms with Gasteiger partial charge < -0.3 is 5.73 Å². The highest BCUT2D eigenvalue weighted by Gasteiger charge is 2.11. The zero-order chi connectivity index (χ0) is 9.73. The van der Waals surface area contributed by atoms with Crippen molar-refractivity contribution in [2.75, 3.05) is 13.1 Å². The second-order valence-corrected chi connectivity index (χ2v) is 4.14. The van der Waals surface area contributed by atoms with Gasteiger partial charge in [-0.15, -0.1) is 12.4 Å². The van der Waals surface area contributed by atoms with Gasteiger partial charge in [-0.05, 0) is 12.1 Å². The van der Waals surface area contributed by atoms with Gasteiger partial charge in [0.2, 0.25) is 10.0 Å². The first kappa shape index (κ1) is 13.3. The Hall–Kier alpha value is -0.690. The highest BCUT2D eigenvalue weighted by atomic mass is 35.5. The third-order valence-corrected chi connectivity index (χ3v) is 2.83. The van der Waals surface area contributed by atoms with E-state index < -0.39 is 10.0 Å². The largest absolute Gasteiger partial charge is 0.329 e. The molecule has 0 aliphatic heterocycles. The number of nitrogens with zero attached hydrogens (tertiary/aromatic N) is 1. The number of aromatic nitrogens is 1. The van der Waals surface area contributed by atoms with Crippen LogP contribution in [0.4, 0.5) is 0 Å². The van der Waals surface area contributed by atoms with Crippen LogP contribution in [0, 0.1) is 0 Å². The minimum atomic E-state index is -3.41. The number of nitrogens with one attached hydrogen (secondary N) is 1. The predicted molar refractivity (Wildman–Crippen MR) is 55.7 cm³/mol. The van der Waals surface area contributed by atoms with Gasteiger partial charge in [-0.2, -0.15) is 0 Å². The number of hydrogen-bond donors (Lipinski definition) is 2. The van der Waals surface area contributed by atoms with Gasteiger partial charge >= 0.3 is 0 Å². The quantitative estimate of drug-likeness (QED) is 0.756. The molecule has 1 aromatic heterocycles. The lowest BCUT2D eigenvalue weighted by molar-refractivity contribution is 0.582. The predicted octanol–water partition coefficient (Wildman–Crippen LogP) is -0.260. The summed E-state index contributed by atoms with van der Waals surface area (Å²) in [6.07, 6.45) is 2.81. The Bertz CT molecular complexity index is 354. The number of halogens is 1. The molecule has 1 rings (SSSR count). The summed E-state index contributed by atoms with van der Waals surface area (Å²) in [4.78, 5) is 3.86. The molecule has 0 aromatic carbocycles. The maximum Gasteiger partial charge on any atom is 0.242 e. The fraction of sp³-hybridized carbons (Fsp3) is 0.286. The summed E-state index contributed by atoms with van der Waals surface area (Å²) in [6.45, 7) is 0.511. The maximum atomic E-state index is 11.4. The highest BCUT2D eigenvalue weighted by molar-refractivity contribution is 7.89. The van der Waals surface area contributed by atoms with E-state index in [1.54, 1.807) is 6.07 Å². The van der Waals surface area contributed by atoms with Gasteiger partial charge in [0.15, 0.2) is 0 Å². The molecule has 1 aromatic rings. The summed E-state index contributed by atoms with van der Waals surface area (Å²) in [6, 6.07) is 3.04. The molecule has 0 spiro atoms. The zero-order valence-corrected chi connectivity index (χ0v) is 9.01. The van der Waals surface area contributed by atoms with E-state index in [1.807, 2.05) is 0 Å². The van der Waals surface area contributed by atoms with E-state index >= 15 is 0 Å². The molecule has 0 radical (unpaired) electrons. The monoisotopic (exact) mass is 237 g/mol. The molecule has 5 nitrogen and oxygen atoms in total. The molecule has 80 valence electrons. The lowest BCUT2D eigenvalue weighted by Crippen LogP contribution is -2.29. The number of sulfonamides is 1. The molecule has 1 heterocycles. The molecule has 0 aliphatic carbocycles. The number of rotatable bonds is 4. The van der Waals surface area contributed by atoms with E-state index in [0.29, 0.717) is 0 Å². The van der Waals surface area contributed by atoms with Gasteiger partial charge in [-0.3, -0.25) is 4.98 Å². The third-order valence-electron chi connectivity index (χ3n) is 1.38. The van der Waals surface area contributed by atoms with E-state index in [1.165, 1.54) is 18.5 Å². The first-order valence-corrected chi connectivity index (χ1v) is 5.25. The Morgan fingerprint density at radius 1 is 1.50 bits per heavy atom. The van der Waals surface area contributed by atoms with Crippen molar-refractivity contribution in [1.82, 2.24) is 9.71 Å². The summed E-state index contributed by atoms with van der Waals surface area (Å²) in [5, 5.41) is 0. The number of nitrogens with two attached hydrogens (primary N) is 1. The molecule has 3 N–H and O–H groups in total. The normalized spacial score (nSPS) is 10.6. The summed E-state index contributed by atoms with van der Waals surface area (Å²) >= 11 is 0. The van der Waals surface area contributed by atoms with Crippen molar-refractivity contribution >= 4 is 22.4 Å². The molecule has 0 bridgehead atoms.